The van der Waals surface area contributed by atoms with E-state index in [1.54, 1.807) is 35.2 Å². The van der Waals surface area contributed by atoms with E-state index in [2.05, 4.69) is 0 Å². The largest absolute Gasteiger partial charge is 0.502 e. The molecule has 1 amide bonds. The van der Waals surface area contributed by atoms with Gasteiger partial charge in [0.05, 0.1) is 0 Å². The van der Waals surface area contributed by atoms with E-state index < -0.39 is 0 Å². The molecule has 0 saturated heterocycles. The summed E-state index contributed by atoms with van der Waals surface area (Å²) in [6, 6.07) is 9.27. The normalized spacial score (nSPS) is 11.0. The molecule has 2 aromatic carbocycles. The number of benzene rings is 2. The molecule has 3 aromatic rings. The Bertz CT molecular complexity index is 986. The molecular weight excluding hydrogens is 338 g/mol. The molecule has 8 nitrogen and oxygen atoms in total. The molecule has 0 bridgehead atoms. The average Bonchev–Trinajstić information content (AvgIpc) is 2.65. The smallest absolute Gasteiger partial charge is 0.375 e. The van der Waals surface area contributed by atoms with Crippen molar-refractivity contribution >= 4 is 28.0 Å². The maximum absolute atomic E-state index is 12.2. The molecule has 1 heterocycles. The van der Waals surface area contributed by atoms with E-state index in [0.717, 1.165) is 9.46 Å². The van der Waals surface area contributed by atoms with Crippen LogP contribution in [0.2, 0.25) is 0 Å². The van der Waals surface area contributed by atoms with E-state index in [9.17, 15) is 20.3 Å². The maximum atomic E-state index is 12.2. The van der Waals surface area contributed by atoms with Crippen LogP contribution in [0.25, 0.3) is 22.1 Å². The van der Waals surface area contributed by atoms with Crippen LogP contribution in [0, 0.1) is 0 Å². The summed E-state index contributed by atoms with van der Waals surface area (Å²) in [5.41, 5.74) is 0.639. The zero-order valence-corrected chi connectivity index (χ0v) is 14.6. The fourth-order valence-electron chi connectivity index (χ4n) is 2.97. The number of para-hydroxylation sites is 2. The van der Waals surface area contributed by atoms with Crippen molar-refractivity contribution in [2.24, 2.45) is 0 Å². The van der Waals surface area contributed by atoms with Crippen LogP contribution in [0.1, 0.15) is 13.8 Å². The van der Waals surface area contributed by atoms with Crippen LogP contribution in [-0.2, 0) is 4.79 Å². The van der Waals surface area contributed by atoms with Gasteiger partial charge in [-0.15, -0.1) is 0 Å². The number of likely N-dealkylation sites (N-methyl/N-ethyl adjacent to an activating group) is 1. The SMILES string of the molecule is CCN(CC)C(=O)COc1cccc2c1[n+](O)c1cccc(O)c1[n+]2O. The molecule has 26 heavy (non-hydrogen) atoms. The molecule has 0 atom stereocenters. The molecule has 3 N–H and O–H groups in total. The minimum Gasteiger partial charge on any atom is -0.502 e. The Labute approximate surface area is 149 Å². The van der Waals surface area contributed by atoms with E-state index in [1.165, 1.54) is 6.07 Å². The third-order valence-electron chi connectivity index (χ3n) is 4.32. The zero-order valence-electron chi connectivity index (χ0n) is 14.6. The van der Waals surface area contributed by atoms with Crippen molar-refractivity contribution in [1.82, 2.24) is 4.90 Å². The van der Waals surface area contributed by atoms with Crippen molar-refractivity contribution in [2.45, 2.75) is 13.8 Å². The van der Waals surface area contributed by atoms with Crippen molar-refractivity contribution in [3.63, 3.8) is 0 Å². The monoisotopic (exact) mass is 359 g/mol. The Morgan fingerprint density at radius 1 is 1.00 bits per heavy atom. The van der Waals surface area contributed by atoms with E-state index in [-0.39, 0.29) is 46.1 Å². The molecule has 8 heteroatoms. The molecule has 0 radical (unpaired) electrons. The van der Waals surface area contributed by atoms with E-state index in [0.29, 0.717) is 13.1 Å². The number of nitrogens with zero attached hydrogens (tertiary/aromatic N) is 3. The lowest BCUT2D eigenvalue weighted by atomic mass is 10.2. The number of rotatable bonds is 5. The number of carbonyl (C=O) groups is 1. The van der Waals surface area contributed by atoms with Gasteiger partial charge in [0, 0.05) is 34.7 Å². The lowest BCUT2D eigenvalue weighted by molar-refractivity contribution is -0.894. The first kappa shape index (κ1) is 17.5. The van der Waals surface area contributed by atoms with Gasteiger partial charge in [0.2, 0.25) is 11.5 Å². The predicted octanol–water partition coefficient (Wildman–Crippen LogP) is 0.995. The first-order chi connectivity index (χ1) is 12.5. The van der Waals surface area contributed by atoms with Gasteiger partial charge in [-0.3, -0.25) is 15.2 Å². The highest BCUT2D eigenvalue weighted by Gasteiger charge is 2.33. The van der Waals surface area contributed by atoms with Gasteiger partial charge >= 0.3 is 22.1 Å². The third kappa shape index (κ3) is 2.79. The first-order valence-electron chi connectivity index (χ1n) is 8.33. The summed E-state index contributed by atoms with van der Waals surface area (Å²) in [6.45, 7) is 4.73. The second kappa shape index (κ2) is 6.91. The van der Waals surface area contributed by atoms with Crippen molar-refractivity contribution in [1.29, 1.82) is 0 Å². The van der Waals surface area contributed by atoms with Gasteiger partial charge in [-0.25, -0.2) is 0 Å². The summed E-state index contributed by atoms with van der Waals surface area (Å²) in [5, 5.41) is 31.1. The Morgan fingerprint density at radius 3 is 2.23 bits per heavy atom. The molecule has 1 aromatic heterocycles. The van der Waals surface area contributed by atoms with Gasteiger partial charge in [0.25, 0.3) is 5.91 Å². The Morgan fingerprint density at radius 2 is 1.58 bits per heavy atom. The number of phenols is 1. The molecule has 0 aliphatic heterocycles. The molecule has 0 fully saturated rings. The highest BCUT2D eigenvalue weighted by atomic mass is 16.5. The third-order valence-corrected chi connectivity index (χ3v) is 4.32. The highest BCUT2D eigenvalue weighted by Crippen LogP contribution is 2.25. The van der Waals surface area contributed by atoms with Crippen molar-refractivity contribution in [3.05, 3.63) is 36.4 Å². The van der Waals surface area contributed by atoms with Crippen LogP contribution in [0.4, 0.5) is 0 Å². The average molecular weight is 359 g/mol. The molecule has 0 spiro atoms. The quantitative estimate of drug-likeness (QED) is 0.359. The van der Waals surface area contributed by atoms with Gasteiger partial charge in [-0.1, -0.05) is 12.1 Å². The summed E-state index contributed by atoms with van der Waals surface area (Å²) in [7, 11) is 0. The lowest BCUT2D eigenvalue weighted by Crippen LogP contribution is -2.43. The van der Waals surface area contributed by atoms with Crippen LogP contribution in [0.3, 0.4) is 0 Å². The summed E-state index contributed by atoms with van der Waals surface area (Å²) in [4.78, 5) is 13.8. The van der Waals surface area contributed by atoms with Gasteiger partial charge in [-0.05, 0) is 26.0 Å². The van der Waals surface area contributed by atoms with E-state index in [1.807, 2.05) is 13.8 Å². The Kier molecular flexibility index (Phi) is 4.66. The number of hydrogen-bond acceptors (Lipinski definition) is 5. The predicted molar refractivity (Wildman–Crippen MR) is 91.3 cm³/mol. The van der Waals surface area contributed by atoms with E-state index in [4.69, 9.17) is 4.74 Å². The van der Waals surface area contributed by atoms with Crippen LogP contribution in [0.5, 0.6) is 11.5 Å². The van der Waals surface area contributed by atoms with Gasteiger partial charge in [0.15, 0.2) is 6.61 Å². The molecule has 0 saturated carbocycles. The molecule has 0 aliphatic rings. The standard InChI is InChI=1S/C18H20N3O5/c1-3-19(4-2)16(23)11-26-15-10-6-8-13-18(15)21(25)12-7-5-9-14(22)17(12)20(13)24/h5-10,25H,3-4,11H2,1-2H3,(H,22,24)/q+1/p+1. The number of fused-ring (bicyclic) bond motifs is 2. The summed E-state index contributed by atoms with van der Waals surface area (Å²) >= 11 is 0. The number of aromatic hydroxyl groups is 1. The second-order valence-electron chi connectivity index (χ2n) is 5.75. The second-order valence-corrected chi connectivity index (χ2v) is 5.75. The molecule has 136 valence electrons. The van der Waals surface area contributed by atoms with Crippen molar-refractivity contribution in [3.8, 4) is 11.5 Å². The molecule has 0 aliphatic carbocycles. The summed E-state index contributed by atoms with van der Waals surface area (Å²) in [6.07, 6.45) is 0. The number of aromatic nitrogens is 2. The lowest BCUT2D eigenvalue weighted by Gasteiger charge is -2.18. The minimum absolute atomic E-state index is 0.0545. The molecule has 3 rings (SSSR count). The summed E-state index contributed by atoms with van der Waals surface area (Å²) < 4.78 is 7.23. The van der Waals surface area contributed by atoms with Crippen LogP contribution in [0.15, 0.2) is 36.4 Å². The minimum atomic E-state index is -0.190. The molecule has 0 unspecified atom stereocenters. The van der Waals surface area contributed by atoms with Crippen LogP contribution >= 0.6 is 0 Å². The number of carbonyl (C=O) groups excluding carboxylic acids is 1. The topological polar surface area (TPSA) is 98.0 Å². The highest BCUT2D eigenvalue weighted by molar-refractivity contribution is 5.83. The van der Waals surface area contributed by atoms with Crippen LogP contribution < -0.4 is 14.2 Å². The fourth-order valence-corrected chi connectivity index (χ4v) is 2.97. The maximum Gasteiger partial charge on any atom is 0.375 e. The Hall–Kier alpha value is -3.29. The zero-order chi connectivity index (χ0) is 18.8. The van der Waals surface area contributed by atoms with Crippen molar-refractivity contribution in [2.75, 3.05) is 19.7 Å². The van der Waals surface area contributed by atoms with Gasteiger partial charge in [0.1, 0.15) is 0 Å². The van der Waals surface area contributed by atoms with Crippen LogP contribution in [-0.4, -0.2) is 46.0 Å². The Balaban J connectivity index is 2.11. The number of hydrogen-bond donors (Lipinski definition) is 3. The van der Waals surface area contributed by atoms with Gasteiger partial charge in [-0.2, -0.15) is 0 Å². The fraction of sp³-hybridized carbons (Fsp3) is 0.278. The van der Waals surface area contributed by atoms with E-state index >= 15 is 0 Å². The first-order valence-corrected chi connectivity index (χ1v) is 8.33. The number of amides is 1. The number of ether oxygens (including phenoxy) is 1. The number of phenolic OH excluding ortho intramolecular Hbond substituents is 1. The molecular formula is C18H21N3O5+2. The van der Waals surface area contributed by atoms with Crippen molar-refractivity contribution < 1.29 is 34.5 Å². The summed E-state index contributed by atoms with van der Waals surface area (Å²) in [5.74, 6) is -0.122. The van der Waals surface area contributed by atoms with Gasteiger partial charge < -0.3 is 14.7 Å².